The molecule has 0 aromatic rings. The molecule has 0 aliphatic carbocycles. The summed E-state index contributed by atoms with van der Waals surface area (Å²) in [6, 6.07) is 0. The van der Waals surface area contributed by atoms with E-state index in [1.165, 1.54) is 32.4 Å². The monoisotopic (exact) mass is 125 g/mol. The Morgan fingerprint density at radius 3 is 3.22 bits per heavy atom. The minimum absolute atomic E-state index is 1.17. The molecule has 0 fully saturated rings. The molecule has 9 heavy (non-hydrogen) atoms. The quantitative estimate of drug-likeness (QED) is 0.526. The zero-order valence-corrected chi connectivity index (χ0v) is 6.11. The number of hydrogen-bond donors (Lipinski definition) is 1. The number of nitrogens with one attached hydrogen (secondary N) is 1. The fraction of sp³-hybridized carbons (Fsp3) is 0.750. The predicted octanol–water partition coefficient (Wildman–Crippen LogP) is 1.71. The maximum Gasteiger partial charge on any atom is -0.00115 e. The molecule has 0 amide bonds. The van der Waals surface area contributed by atoms with Crippen molar-refractivity contribution in [1.82, 2.24) is 5.32 Å². The molecule has 0 spiro atoms. The van der Waals surface area contributed by atoms with Crippen molar-refractivity contribution in [2.24, 2.45) is 0 Å². The van der Waals surface area contributed by atoms with Crippen LogP contribution in [0.5, 0.6) is 0 Å². The van der Waals surface area contributed by atoms with Gasteiger partial charge in [-0.25, -0.2) is 0 Å². The summed E-state index contributed by atoms with van der Waals surface area (Å²) in [5, 5.41) is 3.36. The van der Waals surface area contributed by atoms with E-state index < -0.39 is 0 Å². The van der Waals surface area contributed by atoms with Crippen molar-refractivity contribution >= 4 is 0 Å². The molecule has 1 rings (SSSR count). The van der Waals surface area contributed by atoms with E-state index in [1.807, 2.05) is 0 Å². The van der Waals surface area contributed by atoms with Crippen molar-refractivity contribution in [2.75, 3.05) is 13.1 Å². The van der Waals surface area contributed by atoms with Crippen LogP contribution in [0.2, 0.25) is 0 Å². The van der Waals surface area contributed by atoms with Gasteiger partial charge in [-0.05, 0) is 32.4 Å². The van der Waals surface area contributed by atoms with E-state index in [0.717, 1.165) is 0 Å². The van der Waals surface area contributed by atoms with Gasteiger partial charge < -0.3 is 5.32 Å². The molecule has 0 saturated heterocycles. The van der Waals surface area contributed by atoms with Crippen LogP contribution in [0.3, 0.4) is 0 Å². The Hall–Kier alpha value is -0.300. The number of rotatable bonds is 1. The second-order valence-electron chi connectivity index (χ2n) is 2.50. The maximum atomic E-state index is 3.36. The predicted molar refractivity (Wildman–Crippen MR) is 40.5 cm³/mol. The summed E-state index contributed by atoms with van der Waals surface area (Å²) in [7, 11) is 0. The first-order valence-corrected chi connectivity index (χ1v) is 3.82. The van der Waals surface area contributed by atoms with Crippen LogP contribution in [0.25, 0.3) is 0 Å². The Kier molecular flexibility index (Phi) is 2.78. The van der Waals surface area contributed by atoms with Gasteiger partial charge in [0.2, 0.25) is 0 Å². The second kappa shape index (κ2) is 3.67. The molecule has 0 atom stereocenters. The van der Waals surface area contributed by atoms with E-state index in [4.69, 9.17) is 0 Å². The van der Waals surface area contributed by atoms with Crippen LogP contribution in [0.15, 0.2) is 11.6 Å². The molecule has 0 unspecified atom stereocenters. The van der Waals surface area contributed by atoms with Crippen molar-refractivity contribution < 1.29 is 0 Å². The van der Waals surface area contributed by atoms with E-state index in [2.05, 4.69) is 18.3 Å². The van der Waals surface area contributed by atoms with Crippen molar-refractivity contribution in [3.05, 3.63) is 11.6 Å². The summed E-state index contributed by atoms with van der Waals surface area (Å²) in [6.45, 7) is 4.58. The highest BCUT2D eigenvalue weighted by molar-refractivity contribution is 5.03. The first kappa shape index (κ1) is 6.81. The molecule has 52 valence electrons. The Balaban J connectivity index is 2.37. The minimum atomic E-state index is 1.17. The highest BCUT2D eigenvalue weighted by Crippen LogP contribution is 2.08. The highest BCUT2D eigenvalue weighted by Gasteiger charge is 1.97. The second-order valence-corrected chi connectivity index (χ2v) is 2.50. The largest absolute Gasteiger partial charge is 0.316 e. The lowest BCUT2D eigenvalue weighted by molar-refractivity contribution is 0.706. The molecule has 1 N–H and O–H groups in total. The lowest BCUT2D eigenvalue weighted by Crippen LogP contribution is -2.13. The van der Waals surface area contributed by atoms with Gasteiger partial charge in [-0.2, -0.15) is 0 Å². The fourth-order valence-corrected chi connectivity index (χ4v) is 1.18. The first-order valence-electron chi connectivity index (χ1n) is 3.82. The number of hydrogen-bond acceptors (Lipinski definition) is 1. The summed E-state index contributed by atoms with van der Waals surface area (Å²) in [5.74, 6) is 0. The molecule has 1 aliphatic rings. The normalized spacial score (nSPS) is 20.8. The lowest BCUT2D eigenvalue weighted by Gasteiger charge is -1.98. The van der Waals surface area contributed by atoms with E-state index >= 15 is 0 Å². The Bertz CT molecular complexity index is 105. The van der Waals surface area contributed by atoms with Gasteiger partial charge in [0.25, 0.3) is 0 Å². The molecule has 1 heterocycles. The molecular formula is C8H15N. The van der Waals surface area contributed by atoms with Gasteiger partial charge in [0, 0.05) is 0 Å². The van der Waals surface area contributed by atoms with Crippen LogP contribution in [0.1, 0.15) is 26.2 Å². The summed E-state index contributed by atoms with van der Waals surface area (Å²) < 4.78 is 0. The van der Waals surface area contributed by atoms with Gasteiger partial charge in [0.1, 0.15) is 0 Å². The van der Waals surface area contributed by atoms with E-state index in [9.17, 15) is 0 Å². The molecule has 0 saturated carbocycles. The Morgan fingerprint density at radius 1 is 1.56 bits per heavy atom. The topological polar surface area (TPSA) is 12.0 Å². The van der Waals surface area contributed by atoms with Crippen LogP contribution in [-0.4, -0.2) is 13.1 Å². The molecule has 1 aliphatic heterocycles. The molecule has 0 bridgehead atoms. The third-order valence-corrected chi connectivity index (χ3v) is 1.83. The van der Waals surface area contributed by atoms with Crippen LogP contribution < -0.4 is 5.32 Å². The minimum Gasteiger partial charge on any atom is -0.316 e. The summed E-state index contributed by atoms with van der Waals surface area (Å²) in [6.07, 6.45) is 6.10. The molecular weight excluding hydrogens is 110 g/mol. The third kappa shape index (κ3) is 2.19. The Morgan fingerprint density at radius 2 is 2.44 bits per heavy atom. The molecule has 1 heteroatoms. The van der Waals surface area contributed by atoms with Gasteiger partial charge in [-0.15, -0.1) is 0 Å². The van der Waals surface area contributed by atoms with Crippen molar-refractivity contribution in [3.8, 4) is 0 Å². The first-order chi connectivity index (χ1) is 4.43. The third-order valence-electron chi connectivity index (χ3n) is 1.83. The summed E-state index contributed by atoms with van der Waals surface area (Å²) in [4.78, 5) is 0. The highest BCUT2D eigenvalue weighted by atomic mass is 14.8. The zero-order valence-electron chi connectivity index (χ0n) is 6.11. The SMILES string of the molecule is CCC1=CCCNCC1. The van der Waals surface area contributed by atoms with Crippen molar-refractivity contribution in [1.29, 1.82) is 0 Å². The summed E-state index contributed by atoms with van der Waals surface area (Å²) >= 11 is 0. The van der Waals surface area contributed by atoms with E-state index in [-0.39, 0.29) is 0 Å². The fourth-order valence-electron chi connectivity index (χ4n) is 1.18. The molecule has 0 aromatic heterocycles. The average molecular weight is 125 g/mol. The molecule has 0 aromatic carbocycles. The van der Waals surface area contributed by atoms with Gasteiger partial charge in [-0.1, -0.05) is 18.6 Å². The lowest BCUT2D eigenvalue weighted by atomic mass is 10.1. The van der Waals surface area contributed by atoms with Crippen LogP contribution >= 0.6 is 0 Å². The van der Waals surface area contributed by atoms with Crippen molar-refractivity contribution in [2.45, 2.75) is 26.2 Å². The van der Waals surface area contributed by atoms with Crippen LogP contribution in [-0.2, 0) is 0 Å². The van der Waals surface area contributed by atoms with E-state index in [1.54, 1.807) is 5.57 Å². The van der Waals surface area contributed by atoms with Gasteiger partial charge in [-0.3, -0.25) is 0 Å². The van der Waals surface area contributed by atoms with Crippen molar-refractivity contribution in [3.63, 3.8) is 0 Å². The zero-order chi connectivity index (χ0) is 6.53. The molecule has 1 nitrogen and oxygen atoms in total. The molecule has 0 radical (unpaired) electrons. The van der Waals surface area contributed by atoms with Crippen LogP contribution in [0.4, 0.5) is 0 Å². The van der Waals surface area contributed by atoms with Gasteiger partial charge >= 0.3 is 0 Å². The summed E-state index contributed by atoms with van der Waals surface area (Å²) in [5.41, 5.74) is 1.63. The maximum absolute atomic E-state index is 3.36. The van der Waals surface area contributed by atoms with Gasteiger partial charge in [0.05, 0.1) is 0 Å². The van der Waals surface area contributed by atoms with Crippen LogP contribution in [0, 0.1) is 0 Å². The standard InChI is InChI=1S/C8H15N/c1-2-8-4-3-6-9-7-5-8/h4,9H,2-3,5-7H2,1H3. The smallest absolute Gasteiger partial charge is 0.00115 e. The Labute approximate surface area is 57.1 Å². The average Bonchev–Trinajstić information content (AvgIpc) is 2.13. The van der Waals surface area contributed by atoms with Gasteiger partial charge in [0.15, 0.2) is 0 Å². The van der Waals surface area contributed by atoms with E-state index in [0.29, 0.717) is 0 Å².